The fraction of sp³-hybridized carbons (Fsp3) is 1.00. The van der Waals surface area contributed by atoms with Gasteiger partial charge in [-0.15, -0.1) is 0 Å². The summed E-state index contributed by atoms with van der Waals surface area (Å²) in [6, 6.07) is 1.02. The van der Waals surface area contributed by atoms with Crippen LogP contribution in [-0.4, -0.2) is 30.7 Å². The van der Waals surface area contributed by atoms with E-state index in [1.165, 1.54) is 49.7 Å². The second-order valence-corrected chi connectivity index (χ2v) is 5.21. The molecule has 2 aliphatic heterocycles. The van der Waals surface area contributed by atoms with Crippen molar-refractivity contribution in [2.75, 3.05) is 20.1 Å². The summed E-state index contributed by atoms with van der Waals surface area (Å²) >= 11 is 0. The van der Waals surface area contributed by atoms with E-state index in [9.17, 15) is 0 Å². The van der Waals surface area contributed by atoms with Crippen molar-refractivity contribution in [3.63, 3.8) is 0 Å². The van der Waals surface area contributed by atoms with Crippen LogP contribution in [0.1, 0.15) is 39.0 Å². The molecule has 2 fully saturated rings. The SMILES string of the molecule is CC1CC[N+]2(C)CCCCC2C1. The quantitative estimate of drug-likeness (QED) is 0.487. The van der Waals surface area contributed by atoms with Gasteiger partial charge in [-0.3, -0.25) is 0 Å². The minimum atomic E-state index is 0.999. The van der Waals surface area contributed by atoms with Crippen molar-refractivity contribution in [1.29, 1.82) is 0 Å². The Hall–Kier alpha value is -0.0400. The number of quaternary nitrogens is 1. The molecule has 0 bridgehead atoms. The number of hydrogen-bond donors (Lipinski definition) is 0. The van der Waals surface area contributed by atoms with E-state index in [4.69, 9.17) is 0 Å². The van der Waals surface area contributed by atoms with Crippen LogP contribution in [0.5, 0.6) is 0 Å². The molecule has 0 N–H and O–H groups in total. The number of hydrogen-bond acceptors (Lipinski definition) is 0. The minimum absolute atomic E-state index is 0.999. The standard InChI is InChI=1S/C11H22N/c1-10-6-8-12(2)7-4-3-5-11(12)9-10/h10-11H,3-9H2,1-2H3/q+1. The van der Waals surface area contributed by atoms with Crippen molar-refractivity contribution >= 4 is 0 Å². The normalized spacial score (nSPS) is 48.5. The lowest BCUT2D eigenvalue weighted by Gasteiger charge is -2.49. The van der Waals surface area contributed by atoms with Gasteiger partial charge in [-0.25, -0.2) is 0 Å². The topological polar surface area (TPSA) is 0 Å². The highest BCUT2D eigenvalue weighted by molar-refractivity contribution is 4.73. The van der Waals surface area contributed by atoms with Crippen LogP contribution in [-0.2, 0) is 0 Å². The van der Waals surface area contributed by atoms with Gasteiger partial charge in [0.1, 0.15) is 0 Å². The lowest BCUT2D eigenvalue weighted by atomic mass is 9.85. The molecule has 70 valence electrons. The number of nitrogens with zero attached hydrogens (tertiary/aromatic N) is 1. The molecule has 0 aromatic rings. The lowest BCUT2D eigenvalue weighted by molar-refractivity contribution is -0.944. The zero-order valence-electron chi connectivity index (χ0n) is 8.55. The first-order chi connectivity index (χ1) is 5.71. The van der Waals surface area contributed by atoms with E-state index in [1.54, 1.807) is 0 Å². The maximum absolute atomic E-state index is 2.48. The molecule has 0 aliphatic carbocycles. The Morgan fingerprint density at radius 2 is 1.92 bits per heavy atom. The van der Waals surface area contributed by atoms with Crippen molar-refractivity contribution in [3.05, 3.63) is 0 Å². The average molecular weight is 168 g/mol. The summed E-state index contributed by atoms with van der Waals surface area (Å²) in [6.45, 7) is 5.33. The smallest absolute Gasteiger partial charge is 0.0890 e. The molecule has 3 atom stereocenters. The van der Waals surface area contributed by atoms with E-state index in [2.05, 4.69) is 14.0 Å². The van der Waals surface area contributed by atoms with Crippen molar-refractivity contribution in [2.45, 2.75) is 45.1 Å². The second-order valence-electron chi connectivity index (χ2n) is 5.21. The lowest BCUT2D eigenvalue weighted by Crippen LogP contribution is -2.58. The van der Waals surface area contributed by atoms with Crippen molar-refractivity contribution in [2.24, 2.45) is 5.92 Å². The molecular formula is C11H22N+. The summed E-state index contributed by atoms with van der Waals surface area (Å²) in [7, 11) is 2.48. The van der Waals surface area contributed by atoms with Gasteiger partial charge in [0.05, 0.1) is 26.2 Å². The van der Waals surface area contributed by atoms with E-state index in [-0.39, 0.29) is 0 Å². The highest BCUT2D eigenvalue weighted by Gasteiger charge is 2.39. The average Bonchev–Trinajstić information content (AvgIpc) is 2.06. The molecule has 0 saturated carbocycles. The minimum Gasteiger partial charge on any atom is -0.324 e. The summed E-state index contributed by atoms with van der Waals surface area (Å²) in [5.74, 6) is 0.999. The summed E-state index contributed by atoms with van der Waals surface area (Å²) < 4.78 is 1.41. The molecule has 0 amide bonds. The highest BCUT2D eigenvalue weighted by Crippen LogP contribution is 2.34. The fourth-order valence-electron chi connectivity index (χ4n) is 3.11. The van der Waals surface area contributed by atoms with Crippen LogP contribution in [0.3, 0.4) is 0 Å². The Labute approximate surface area is 76.3 Å². The maximum Gasteiger partial charge on any atom is 0.0890 e. The van der Waals surface area contributed by atoms with E-state index in [1.807, 2.05) is 0 Å². The Morgan fingerprint density at radius 1 is 1.08 bits per heavy atom. The van der Waals surface area contributed by atoms with Crippen LogP contribution in [0, 0.1) is 5.92 Å². The molecule has 2 heterocycles. The first-order valence-electron chi connectivity index (χ1n) is 5.55. The second kappa shape index (κ2) is 3.02. The largest absolute Gasteiger partial charge is 0.324 e. The van der Waals surface area contributed by atoms with Crippen LogP contribution >= 0.6 is 0 Å². The van der Waals surface area contributed by atoms with Crippen LogP contribution in [0.25, 0.3) is 0 Å². The van der Waals surface area contributed by atoms with Crippen molar-refractivity contribution in [1.82, 2.24) is 0 Å². The third-order valence-corrected chi connectivity index (χ3v) is 4.14. The molecule has 0 aromatic carbocycles. The summed E-state index contributed by atoms with van der Waals surface area (Å²) in [6.07, 6.45) is 7.43. The highest BCUT2D eigenvalue weighted by atomic mass is 15.4. The van der Waals surface area contributed by atoms with Gasteiger partial charge in [0.15, 0.2) is 0 Å². The van der Waals surface area contributed by atoms with Gasteiger partial charge in [-0.2, -0.15) is 0 Å². The van der Waals surface area contributed by atoms with Gasteiger partial charge >= 0.3 is 0 Å². The van der Waals surface area contributed by atoms with E-state index in [0.717, 1.165) is 12.0 Å². The van der Waals surface area contributed by atoms with Crippen molar-refractivity contribution < 1.29 is 4.48 Å². The molecule has 2 aliphatic rings. The van der Waals surface area contributed by atoms with Crippen molar-refractivity contribution in [3.8, 4) is 0 Å². The van der Waals surface area contributed by atoms with Gasteiger partial charge in [0.25, 0.3) is 0 Å². The first kappa shape index (κ1) is 8.55. The molecule has 1 heteroatoms. The first-order valence-corrected chi connectivity index (χ1v) is 5.55. The molecule has 2 rings (SSSR count). The van der Waals surface area contributed by atoms with Crippen LogP contribution in [0.2, 0.25) is 0 Å². The molecule has 0 spiro atoms. The number of rotatable bonds is 0. The number of fused-ring (bicyclic) bond motifs is 1. The van der Waals surface area contributed by atoms with Crippen LogP contribution < -0.4 is 0 Å². The third-order valence-electron chi connectivity index (χ3n) is 4.14. The van der Waals surface area contributed by atoms with Gasteiger partial charge in [0.2, 0.25) is 0 Å². The predicted octanol–water partition coefficient (Wildman–Crippen LogP) is 2.42. The summed E-state index contributed by atoms with van der Waals surface area (Å²) in [5, 5.41) is 0. The molecular weight excluding hydrogens is 146 g/mol. The molecule has 3 unspecified atom stereocenters. The molecule has 0 aromatic heterocycles. The summed E-state index contributed by atoms with van der Waals surface area (Å²) in [4.78, 5) is 0. The van der Waals surface area contributed by atoms with Crippen LogP contribution in [0.4, 0.5) is 0 Å². The molecule has 12 heavy (non-hydrogen) atoms. The zero-order valence-corrected chi connectivity index (χ0v) is 8.55. The van der Waals surface area contributed by atoms with E-state index in [0.29, 0.717) is 0 Å². The monoisotopic (exact) mass is 168 g/mol. The molecule has 2 saturated heterocycles. The zero-order chi connectivity index (χ0) is 8.60. The Bertz CT molecular complexity index is 166. The summed E-state index contributed by atoms with van der Waals surface area (Å²) in [5.41, 5.74) is 0. The molecule has 0 radical (unpaired) electrons. The number of piperidine rings is 2. The van der Waals surface area contributed by atoms with Gasteiger partial charge in [-0.1, -0.05) is 6.92 Å². The Balaban J connectivity index is 2.06. The Morgan fingerprint density at radius 3 is 2.75 bits per heavy atom. The molecule has 1 nitrogen and oxygen atoms in total. The van der Waals surface area contributed by atoms with E-state index >= 15 is 0 Å². The third kappa shape index (κ3) is 1.39. The maximum atomic E-state index is 2.48. The predicted molar refractivity (Wildman–Crippen MR) is 52.0 cm³/mol. The van der Waals surface area contributed by atoms with Crippen LogP contribution in [0.15, 0.2) is 0 Å². The Kier molecular flexibility index (Phi) is 2.16. The van der Waals surface area contributed by atoms with Gasteiger partial charge < -0.3 is 4.48 Å². The van der Waals surface area contributed by atoms with Gasteiger partial charge in [0, 0.05) is 6.42 Å². The van der Waals surface area contributed by atoms with Gasteiger partial charge in [-0.05, 0) is 31.6 Å². The van der Waals surface area contributed by atoms with E-state index < -0.39 is 0 Å². The fourth-order valence-corrected chi connectivity index (χ4v) is 3.11.